The Labute approximate surface area is 213 Å². The second-order valence-electron chi connectivity index (χ2n) is 9.01. The molecule has 0 bridgehead atoms. The van der Waals surface area contributed by atoms with Crippen LogP contribution in [0, 0.1) is 0 Å². The van der Waals surface area contributed by atoms with Crippen LogP contribution in [0.5, 0.6) is 17.2 Å². The van der Waals surface area contributed by atoms with E-state index >= 15 is 0 Å². The first-order chi connectivity index (χ1) is 17.2. The third kappa shape index (κ3) is 5.65. The van der Waals surface area contributed by atoms with Crippen LogP contribution in [0.4, 0.5) is 5.69 Å². The van der Waals surface area contributed by atoms with E-state index in [1.807, 2.05) is 42.5 Å². The van der Waals surface area contributed by atoms with Crippen LogP contribution in [0.1, 0.15) is 44.7 Å². The molecule has 0 fully saturated rings. The SMILES string of the molecule is CCC1(CC)C[C@@H](NC(=O)CN(c2ccccc2Oc2ccccc2)S(C)(=O)=O)c2ccccc2O1. The predicted molar refractivity (Wildman–Crippen MR) is 141 cm³/mol. The maximum Gasteiger partial charge on any atom is 0.241 e. The number of benzene rings is 3. The van der Waals surface area contributed by atoms with E-state index in [2.05, 4.69) is 19.2 Å². The lowest BCUT2D eigenvalue weighted by Crippen LogP contribution is -2.47. The Morgan fingerprint density at radius 1 is 1.00 bits per heavy atom. The summed E-state index contributed by atoms with van der Waals surface area (Å²) >= 11 is 0. The zero-order valence-electron chi connectivity index (χ0n) is 20.8. The zero-order valence-corrected chi connectivity index (χ0v) is 21.6. The van der Waals surface area contributed by atoms with Crippen LogP contribution in [-0.4, -0.2) is 32.7 Å². The molecule has 0 spiro atoms. The van der Waals surface area contributed by atoms with Crippen molar-refractivity contribution in [2.75, 3.05) is 17.1 Å². The molecule has 1 aliphatic heterocycles. The quantitative estimate of drug-likeness (QED) is 0.416. The van der Waals surface area contributed by atoms with E-state index in [-0.39, 0.29) is 18.2 Å². The molecule has 0 saturated carbocycles. The lowest BCUT2D eigenvalue weighted by molar-refractivity contribution is -0.121. The molecule has 190 valence electrons. The smallest absolute Gasteiger partial charge is 0.241 e. The van der Waals surface area contributed by atoms with Crippen molar-refractivity contribution < 1.29 is 22.7 Å². The fourth-order valence-electron chi connectivity index (χ4n) is 4.55. The molecular formula is C28H32N2O5S. The van der Waals surface area contributed by atoms with Gasteiger partial charge in [0.25, 0.3) is 0 Å². The Bertz CT molecular complexity index is 1310. The molecule has 0 aliphatic carbocycles. The maximum absolute atomic E-state index is 13.3. The normalized spacial score (nSPS) is 16.4. The molecule has 1 amide bonds. The van der Waals surface area contributed by atoms with E-state index in [1.54, 1.807) is 36.4 Å². The van der Waals surface area contributed by atoms with Gasteiger partial charge in [-0.05, 0) is 43.2 Å². The predicted octanol–water partition coefficient (Wildman–Crippen LogP) is 5.44. The Kier molecular flexibility index (Phi) is 7.54. The minimum Gasteiger partial charge on any atom is -0.487 e. The number of amides is 1. The number of anilines is 1. The van der Waals surface area contributed by atoms with Gasteiger partial charge in [0, 0.05) is 12.0 Å². The molecular weight excluding hydrogens is 476 g/mol. The number of nitrogens with zero attached hydrogens (tertiary/aromatic N) is 1. The highest BCUT2D eigenvalue weighted by atomic mass is 32.2. The molecule has 1 atom stereocenters. The molecule has 0 aromatic heterocycles. The van der Waals surface area contributed by atoms with Gasteiger partial charge in [-0.2, -0.15) is 0 Å². The number of sulfonamides is 1. The molecule has 3 aromatic carbocycles. The summed E-state index contributed by atoms with van der Waals surface area (Å²) in [6.07, 6.45) is 3.28. The third-order valence-corrected chi connectivity index (χ3v) is 7.74. The van der Waals surface area contributed by atoms with Gasteiger partial charge in [-0.25, -0.2) is 8.42 Å². The van der Waals surface area contributed by atoms with Gasteiger partial charge in [0.2, 0.25) is 15.9 Å². The highest BCUT2D eigenvalue weighted by molar-refractivity contribution is 7.92. The van der Waals surface area contributed by atoms with Crippen molar-refractivity contribution in [2.24, 2.45) is 0 Å². The lowest BCUT2D eigenvalue weighted by atomic mass is 9.83. The summed E-state index contributed by atoms with van der Waals surface area (Å²) in [6.45, 7) is 3.77. The first-order valence-electron chi connectivity index (χ1n) is 12.1. The number of carbonyl (C=O) groups excluding carboxylic acids is 1. The Morgan fingerprint density at radius 2 is 1.64 bits per heavy atom. The topological polar surface area (TPSA) is 84.9 Å². The molecule has 4 rings (SSSR count). The minimum atomic E-state index is -3.79. The molecule has 8 heteroatoms. The Balaban J connectivity index is 1.60. The number of carbonyl (C=O) groups is 1. The van der Waals surface area contributed by atoms with Crippen LogP contribution < -0.4 is 19.1 Å². The van der Waals surface area contributed by atoms with Crippen molar-refractivity contribution in [1.29, 1.82) is 0 Å². The van der Waals surface area contributed by atoms with Gasteiger partial charge in [-0.1, -0.05) is 62.4 Å². The lowest BCUT2D eigenvalue weighted by Gasteiger charge is -2.41. The number of fused-ring (bicyclic) bond motifs is 1. The molecule has 3 aromatic rings. The van der Waals surface area contributed by atoms with Crippen molar-refractivity contribution in [2.45, 2.75) is 44.8 Å². The van der Waals surface area contributed by atoms with E-state index in [9.17, 15) is 13.2 Å². The molecule has 0 saturated heterocycles. The summed E-state index contributed by atoms with van der Waals surface area (Å²) in [5.41, 5.74) is 0.795. The average molecular weight is 509 g/mol. The van der Waals surface area contributed by atoms with Crippen LogP contribution >= 0.6 is 0 Å². The van der Waals surface area contributed by atoms with Crippen LogP contribution in [0.3, 0.4) is 0 Å². The van der Waals surface area contributed by atoms with Gasteiger partial charge in [-0.15, -0.1) is 0 Å². The van der Waals surface area contributed by atoms with Crippen LogP contribution in [0.25, 0.3) is 0 Å². The minimum absolute atomic E-state index is 0.292. The number of rotatable bonds is 9. The van der Waals surface area contributed by atoms with E-state index in [1.165, 1.54) is 0 Å². The first kappa shape index (κ1) is 25.6. The molecule has 36 heavy (non-hydrogen) atoms. The molecule has 0 radical (unpaired) electrons. The second-order valence-corrected chi connectivity index (χ2v) is 10.9. The number of hydrogen-bond donors (Lipinski definition) is 1. The average Bonchev–Trinajstić information content (AvgIpc) is 2.87. The Hall–Kier alpha value is -3.52. The number of para-hydroxylation sites is 4. The second kappa shape index (κ2) is 10.6. The molecule has 0 unspecified atom stereocenters. The van der Waals surface area contributed by atoms with Gasteiger partial charge < -0.3 is 14.8 Å². The van der Waals surface area contributed by atoms with Gasteiger partial charge in [0.1, 0.15) is 23.6 Å². The van der Waals surface area contributed by atoms with E-state index in [4.69, 9.17) is 9.47 Å². The summed E-state index contributed by atoms with van der Waals surface area (Å²) < 4.78 is 39.0. The largest absolute Gasteiger partial charge is 0.487 e. The number of hydrogen-bond acceptors (Lipinski definition) is 5. The highest BCUT2D eigenvalue weighted by Crippen LogP contribution is 2.42. The van der Waals surface area contributed by atoms with Gasteiger partial charge in [0.05, 0.1) is 18.0 Å². The number of ether oxygens (including phenoxy) is 2. The van der Waals surface area contributed by atoms with Gasteiger partial charge >= 0.3 is 0 Å². The van der Waals surface area contributed by atoms with Crippen LogP contribution in [0.2, 0.25) is 0 Å². The van der Waals surface area contributed by atoms with Crippen molar-refractivity contribution in [3.8, 4) is 17.2 Å². The Morgan fingerprint density at radius 3 is 2.33 bits per heavy atom. The van der Waals surface area contributed by atoms with Crippen molar-refractivity contribution in [3.05, 3.63) is 84.4 Å². The summed E-state index contributed by atoms with van der Waals surface area (Å²) in [7, 11) is -3.79. The molecule has 7 nitrogen and oxygen atoms in total. The van der Waals surface area contributed by atoms with Gasteiger partial charge in [0.15, 0.2) is 5.75 Å². The van der Waals surface area contributed by atoms with Crippen molar-refractivity contribution >= 4 is 21.6 Å². The monoisotopic (exact) mass is 508 g/mol. The van der Waals surface area contributed by atoms with Crippen molar-refractivity contribution in [3.63, 3.8) is 0 Å². The maximum atomic E-state index is 13.3. The standard InChI is InChI=1S/C28H32N2O5S/c1-4-28(5-2)19-23(22-15-9-11-17-25(22)35-28)29-27(31)20-30(36(3,32)33)24-16-10-12-18-26(24)34-21-13-7-6-8-14-21/h6-18,23H,4-5,19-20H2,1-3H3,(H,29,31)/t23-/m1/s1. The fourth-order valence-corrected chi connectivity index (χ4v) is 5.41. The fraction of sp³-hybridized carbons (Fsp3) is 0.321. The summed E-state index contributed by atoms with van der Waals surface area (Å²) in [5.74, 6) is 1.25. The van der Waals surface area contributed by atoms with Crippen LogP contribution in [-0.2, 0) is 14.8 Å². The third-order valence-electron chi connectivity index (χ3n) is 6.61. The summed E-state index contributed by atoms with van der Waals surface area (Å²) in [5, 5.41) is 3.07. The van der Waals surface area contributed by atoms with E-state index < -0.39 is 15.9 Å². The summed E-state index contributed by atoms with van der Waals surface area (Å²) in [6, 6.07) is 23.3. The first-order valence-corrected chi connectivity index (χ1v) is 14.0. The van der Waals surface area contributed by atoms with Crippen LogP contribution in [0.15, 0.2) is 78.9 Å². The van der Waals surface area contributed by atoms with E-state index in [0.29, 0.717) is 23.6 Å². The zero-order chi connectivity index (χ0) is 25.8. The highest BCUT2D eigenvalue weighted by Gasteiger charge is 2.39. The number of nitrogens with one attached hydrogen (secondary N) is 1. The molecule has 1 N–H and O–H groups in total. The summed E-state index contributed by atoms with van der Waals surface area (Å²) in [4.78, 5) is 13.3. The van der Waals surface area contributed by atoms with Crippen molar-refractivity contribution in [1.82, 2.24) is 5.32 Å². The van der Waals surface area contributed by atoms with E-state index in [0.717, 1.165) is 34.7 Å². The van der Waals surface area contributed by atoms with Gasteiger partial charge in [-0.3, -0.25) is 9.10 Å². The molecule has 1 heterocycles. The molecule has 1 aliphatic rings.